The van der Waals surface area contributed by atoms with Gasteiger partial charge in [-0.2, -0.15) is 4.98 Å². The molecule has 1 heterocycles. The van der Waals surface area contributed by atoms with Gasteiger partial charge in [-0.25, -0.2) is 4.98 Å². The number of hydrogen-bond acceptors (Lipinski definition) is 5. The second kappa shape index (κ2) is 7.06. The van der Waals surface area contributed by atoms with E-state index < -0.39 is 0 Å². The molecule has 0 fully saturated rings. The lowest BCUT2D eigenvalue weighted by molar-refractivity contribution is 0.301. The lowest BCUT2D eigenvalue weighted by Crippen LogP contribution is -2.29. The Balaban J connectivity index is 2.81. The molecule has 0 amide bonds. The van der Waals surface area contributed by atoms with Crippen LogP contribution in [0.4, 0.5) is 11.8 Å². The lowest BCUT2D eigenvalue weighted by atomic mass is 10.3. The third kappa shape index (κ3) is 4.19. The minimum Gasteiger partial charge on any atom is -0.395 e. The van der Waals surface area contributed by atoms with Crippen LogP contribution in [0.25, 0.3) is 0 Å². The van der Waals surface area contributed by atoms with Crippen molar-refractivity contribution in [3.05, 3.63) is 12.3 Å². The molecule has 0 spiro atoms. The van der Waals surface area contributed by atoms with E-state index in [1.165, 1.54) is 0 Å². The summed E-state index contributed by atoms with van der Waals surface area (Å²) in [5, 5.41) is 9.08. The van der Waals surface area contributed by atoms with Crippen molar-refractivity contribution in [2.75, 3.05) is 43.6 Å². The van der Waals surface area contributed by atoms with E-state index in [-0.39, 0.29) is 6.61 Å². The van der Waals surface area contributed by atoms with E-state index in [0.717, 1.165) is 25.2 Å². The van der Waals surface area contributed by atoms with Crippen molar-refractivity contribution >= 4 is 11.8 Å². The first kappa shape index (κ1) is 13.7. The highest BCUT2D eigenvalue weighted by molar-refractivity contribution is 5.42. The Bertz CT molecular complexity index is 330. The highest BCUT2D eigenvalue weighted by Gasteiger charge is 2.08. The predicted molar refractivity (Wildman–Crippen MR) is 70.6 cm³/mol. The molecule has 0 aliphatic heterocycles. The summed E-state index contributed by atoms with van der Waals surface area (Å²) in [6.45, 7) is 3.83. The van der Waals surface area contributed by atoms with Gasteiger partial charge < -0.3 is 14.9 Å². The van der Waals surface area contributed by atoms with E-state index in [4.69, 9.17) is 5.11 Å². The van der Waals surface area contributed by atoms with Gasteiger partial charge in [0.05, 0.1) is 6.61 Å². The van der Waals surface area contributed by atoms with Crippen LogP contribution < -0.4 is 9.80 Å². The van der Waals surface area contributed by atoms with Gasteiger partial charge in [-0.1, -0.05) is 13.3 Å². The standard InChI is InChI=1S/C12H22N4O/c1-4-5-8-16(9-10-17)11-6-7-13-12(14-11)15(2)3/h6-7,17H,4-5,8-10H2,1-3H3. The molecule has 1 aromatic heterocycles. The highest BCUT2D eigenvalue weighted by atomic mass is 16.3. The minimum atomic E-state index is 0.144. The number of aliphatic hydroxyl groups is 1. The normalized spacial score (nSPS) is 10.4. The minimum absolute atomic E-state index is 0.144. The molecule has 0 atom stereocenters. The monoisotopic (exact) mass is 238 g/mol. The van der Waals surface area contributed by atoms with Gasteiger partial charge in [-0.3, -0.25) is 0 Å². The van der Waals surface area contributed by atoms with Crippen molar-refractivity contribution in [3.8, 4) is 0 Å². The van der Waals surface area contributed by atoms with E-state index in [1.54, 1.807) is 6.20 Å². The van der Waals surface area contributed by atoms with Crippen LogP contribution in [-0.2, 0) is 0 Å². The molecule has 96 valence electrons. The summed E-state index contributed by atoms with van der Waals surface area (Å²) < 4.78 is 0. The van der Waals surface area contributed by atoms with Crippen molar-refractivity contribution in [1.29, 1.82) is 0 Å². The number of unbranched alkanes of at least 4 members (excludes halogenated alkanes) is 1. The van der Waals surface area contributed by atoms with Gasteiger partial charge >= 0.3 is 0 Å². The first-order chi connectivity index (χ1) is 8.19. The van der Waals surface area contributed by atoms with E-state index in [0.29, 0.717) is 12.5 Å². The summed E-state index contributed by atoms with van der Waals surface area (Å²) in [7, 11) is 3.84. The summed E-state index contributed by atoms with van der Waals surface area (Å²) >= 11 is 0. The van der Waals surface area contributed by atoms with Crippen LogP contribution in [-0.4, -0.2) is 48.9 Å². The number of aliphatic hydroxyl groups excluding tert-OH is 1. The van der Waals surface area contributed by atoms with Crippen molar-refractivity contribution in [3.63, 3.8) is 0 Å². The Morgan fingerprint density at radius 2 is 2.06 bits per heavy atom. The third-order valence-corrected chi connectivity index (χ3v) is 2.50. The Kier molecular flexibility index (Phi) is 5.69. The van der Waals surface area contributed by atoms with Crippen LogP contribution in [0.3, 0.4) is 0 Å². The molecule has 0 saturated carbocycles. The molecule has 5 nitrogen and oxygen atoms in total. The van der Waals surface area contributed by atoms with E-state index >= 15 is 0 Å². The van der Waals surface area contributed by atoms with Gasteiger partial charge in [0, 0.05) is 33.4 Å². The van der Waals surface area contributed by atoms with Gasteiger partial charge in [0.2, 0.25) is 5.95 Å². The van der Waals surface area contributed by atoms with Gasteiger partial charge in [0.1, 0.15) is 5.82 Å². The molecule has 5 heteroatoms. The van der Waals surface area contributed by atoms with Crippen molar-refractivity contribution in [1.82, 2.24) is 9.97 Å². The first-order valence-electron chi connectivity index (χ1n) is 6.05. The van der Waals surface area contributed by atoms with Gasteiger partial charge in [0.25, 0.3) is 0 Å². The van der Waals surface area contributed by atoms with Crippen LogP contribution in [0.5, 0.6) is 0 Å². The Hall–Kier alpha value is -1.36. The molecule has 0 saturated heterocycles. The van der Waals surface area contributed by atoms with E-state index in [2.05, 4.69) is 21.8 Å². The summed E-state index contributed by atoms with van der Waals surface area (Å²) in [4.78, 5) is 12.6. The average molecular weight is 238 g/mol. The van der Waals surface area contributed by atoms with Crippen LogP contribution in [0.2, 0.25) is 0 Å². The highest BCUT2D eigenvalue weighted by Crippen LogP contribution is 2.13. The topological polar surface area (TPSA) is 52.5 Å². The maximum atomic E-state index is 9.08. The number of hydrogen-bond donors (Lipinski definition) is 1. The van der Waals surface area contributed by atoms with E-state index in [9.17, 15) is 0 Å². The zero-order valence-corrected chi connectivity index (χ0v) is 10.9. The molecule has 1 N–H and O–H groups in total. The van der Waals surface area contributed by atoms with Gasteiger partial charge in [-0.15, -0.1) is 0 Å². The maximum Gasteiger partial charge on any atom is 0.226 e. The van der Waals surface area contributed by atoms with Crippen LogP contribution in [0, 0.1) is 0 Å². The summed E-state index contributed by atoms with van der Waals surface area (Å²) in [6.07, 6.45) is 3.99. The van der Waals surface area contributed by atoms with E-state index in [1.807, 2.05) is 25.1 Å². The smallest absolute Gasteiger partial charge is 0.226 e. The SMILES string of the molecule is CCCCN(CCO)c1ccnc(N(C)C)n1. The van der Waals surface area contributed by atoms with Crippen molar-refractivity contribution in [2.45, 2.75) is 19.8 Å². The molecule has 0 bridgehead atoms. The van der Waals surface area contributed by atoms with Crippen molar-refractivity contribution < 1.29 is 5.11 Å². The summed E-state index contributed by atoms with van der Waals surface area (Å²) in [5.74, 6) is 1.58. The van der Waals surface area contributed by atoms with Gasteiger partial charge in [-0.05, 0) is 12.5 Å². The molecular weight excluding hydrogens is 216 g/mol. The summed E-state index contributed by atoms with van der Waals surface area (Å²) in [6, 6.07) is 1.89. The van der Waals surface area contributed by atoms with Crippen molar-refractivity contribution in [2.24, 2.45) is 0 Å². The zero-order chi connectivity index (χ0) is 12.7. The molecular formula is C12H22N4O. The predicted octanol–water partition coefficient (Wildman–Crippen LogP) is 1.14. The Morgan fingerprint density at radius 3 is 2.65 bits per heavy atom. The molecule has 1 aromatic rings. The van der Waals surface area contributed by atoms with Gasteiger partial charge in [0.15, 0.2) is 0 Å². The summed E-state index contributed by atoms with van der Waals surface area (Å²) in [5.41, 5.74) is 0. The van der Waals surface area contributed by atoms with Crippen LogP contribution in [0.15, 0.2) is 12.3 Å². The number of anilines is 2. The number of nitrogens with zero attached hydrogens (tertiary/aromatic N) is 4. The van der Waals surface area contributed by atoms with Crippen LogP contribution in [0.1, 0.15) is 19.8 Å². The fraction of sp³-hybridized carbons (Fsp3) is 0.667. The average Bonchev–Trinajstić information content (AvgIpc) is 2.34. The van der Waals surface area contributed by atoms with Crippen LogP contribution >= 0.6 is 0 Å². The third-order valence-electron chi connectivity index (χ3n) is 2.50. The number of aromatic nitrogens is 2. The second-order valence-corrected chi connectivity index (χ2v) is 4.17. The maximum absolute atomic E-state index is 9.08. The molecule has 1 rings (SSSR count). The molecule has 0 aliphatic rings. The molecule has 17 heavy (non-hydrogen) atoms. The Morgan fingerprint density at radius 1 is 1.29 bits per heavy atom. The fourth-order valence-corrected chi connectivity index (χ4v) is 1.54. The fourth-order valence-electron chi connectivity index (χ4n) is 1.54. The molecule has 0 radical (unpaired) electrons. The lowest BCUT2D eigenvalue weighted by Gasteiger charge is -2.23. The Labute approximate surface area is 103 Å². The second-order valence-electron chi connectivity index (χ2n) is 4.17. The zero-order valence-electron chi connectivity index (χ0n) is 10.9. The molecule has 0 aliphatic carbocycles. The first-order valence-corrected chi connectivity index (χ1v) is 6.05. The number of rotatable bonds is 7. The largest absolute Gasteiger partial charge is 0.395 e. The molecule has 0 unspecified atom stereocenters. The quantitative estimate of drug-likeness (QED) is 0.772. The molecule has 0 aromatic carbocycles.